The zero-order chi connectivity index (χ0) is 21.4. The number of para-hydroxylation sites is 1. The van der Waals surface area contributed by atoms with E-state index in [-0.39, 0.29) is 12.3 Å². The van der Waals surface area contributed by atoms with Crippen LogP contribution in [0, 0.1) is 12.3 Å². The number of carbonyl (C=O) groups is 2. The summed E-state index contributed by atoms with van der Waals surface area (Å²) in [5.41, 5.74) is 2.44. The molecule has 2 aromatic carbocycles. The highest BCUT2D eigenvalue weighted by Gasteiger charge is 2.14. The van der Waals surface area contributed by atoms with Gasteiger partial charge in [0.1, 0.15) is 5.75 Å². The SMILES string of the molecule is C=C(CCC(=O)Nc1ccccc1C(=O)OC)SC(=N)c1ccc(OC)cc1C. The highest BCUT2D eigenvalue weighted by molar-refractivity contribution is 8.17. The van der Waals surface area contributed by atoms with E-state index in [1.54, 1.807) is 31.4 Å². The molecule has 0 aliphatic carbocycles. The van der Waals surface area contributed by atoms with Crippen molar-refractivity contribution in [1.82, 2.24) is 0 Å². The fourth-order valence-electron chi connectivity index (χ4n) is 2.61. The molecular weight excluding hydrogens is 388 g/mol. The summed E-state index contributed by atoms with van der Waals surface area (Å²) in [5, 5.41) is 11.4. The molecule has 0 aromatic heterocycles. The molecule has 6 nitrogen and oxygen atoms in total. The molecule has 152 valence electrons. The Morgan fingerprint density at radius 3 is 2.48 bits per heavy atom. The highest BCUT2D eigenvalue weighted by Crippen LogP contribution is 2.27. The van der Waals surface area contributed by atoms with E-state index < -0.39 is 5.97 Å². The number of esters is 1. The van der Waals surface area contributed by atoms with Crippen LogP contribution in [0.2, 0.25) is 0 Å². The van der Waals surface area contributed by atoms with Crippen LogP contribution in [0.4, 0.5) is 5.69 Å². The van der Waals surface area contributed by atoms with Gasteiger partial charge in [-0.05, 0) is 54.1 Å². The van der Waals surface area contributed by atoms with Crippen molar-refractivity contribution in [3.63, 3.8) is 0 Å². The first kappa shape index (κ1) is 22.2. The molecule has 0 unspecified atom stereocenters. The van der Waals surface area contributed by atoms with E-state index >= 15 is 0 Å². The number of methoxy groups -OCH3 is 2. The Kier molecular flexibility index (Phi) is 8.03. The second-order valence-electron chi connectivity index (χ2n) is 6.24. The van der Waals surface area contributed by atoms with Gasteiger partial charge in [0.05, 0.1) is 30.5 Å². The van der Waals surface area contributed by atoms with E-state index in [0.717, 1.165) is 16.9 Å². The molecule has 0 saturated carbocycles. The lowest BCUT2D eigenvalue weighted by Gasteiger charge is -2.12. The van der Waals surface area contributed by atoms with Gasteiger partial charge in [-0.15, -0.1) is 0 Å². The quantitative estimate of drug-likeness (QED) is 0.370. The lowest BCUT2D eigenvalue weighted by molar-refractivity contribution is -0.116. The van der Waals surface area contributed by atoms with Crippen LogP contribution < -0.4 is 10.1 Å². The number of ether oxygens (including phenoxy) is 2. The molecule has 1 amide bonds. The summed E-state index contributed by atoms with van der Waals surface area (Å²) >= 11 is 1.23. The first-order valence-corrected chi connectivity index (χ1v) is 9.73. The maximum Gasteiger partial charge on any atom is 0.339 e. The van der Waals surface area contributed by atoms with Gasteiger partial charge in [-0.3, -0.25) is 10.2 Å². The molecule has 2 aromatic rings. The third kappa shape index (κ3) is 6.22. The van der Waals surface area contributed by atoms with Gasteiger partial charge in [0.2, 0.25) is 5.91 Å². The minimum atomic E-state index is -0.510. The van der Waals surface area contributed by atoms with Gasteiger partial charge in [0, 0.05) is 12.0 Å². The predicted octanol–water partition coefficient (Wildman–Crippen LogP) is 4.78. The minimum Gasteiger partial charge on any atom is -0.497 e. The molecule has 0 heterocycles. The average Bonchev–Trinajstić information content (AvgIpc) is 2.71. The van der Waals surface area contributed by atoms with Crippen LogP contribution in [-0.4, -0.2) is 31.1 Å². The van der Waals surface area contributed by atoms with E-state index in [1.165, 1.54) is 18.9 Å². The molecule has 0 radical (unpaired) electrons. The molecule has 2 rings (SSSR count). The smallest absolute Gasteiger partial charge is 0.339 e. The number of rotatable bonds is 8. The van der Waals surface area contributed by atoms with Crippen molar-refractivity contribution in [3.8, 4) is 5.75 Å². The van der Waals surface area contributed by atoms with E-state index in [1.807, 2.05) is 25.1 Å². The van der Waals surface area contributed by atoms with Gasteiger partial charge in [0.25, 0.3) is 0 Å². The van der Waals surface area contributed by atoms with Crippen LogP contribution in [0.5, 0.6) is 5.75 Å². The first-order valence-electron chi connectivity index (χ1n) is 8.92. The second-order valence-corrected chi connectivity index (χ2v) is 7.43. The summed E-state index contributed by atoms with van der Waals surface area (Å²) in [5.74, 6) is -0.00813. The summed E-state index contributed by atoms with van der Waals surface area (Å²) in [6.07, 6.45) is 0.602. The van der Waals surface area contributed by atoms with E-state index in [4.69, 9.17) is 14.9 Å². The summed E-state index contributed by atoms with van der Waals surface area (Å²) in [6, 6.07) is 12.2. The molecule has 7 heteroatoms. The van der Waals surface area contributed by atoms with Crippen LogP contribution >= 0.6 is 11.8 Å². The van der Waals surface area contributed by atoms with Crippen molar-refractivity contribution >= 4 is 34.4 Å². The topological polar surface area (TPSA) is 88.5 Å². The first-order chi connectivity index (χ1) is 13.8. The summed E-state index contributed by atoms with van der Waals surface area (Å²) in [4.78, 5) is 24.8. The number of aryl methyl sites for hydroxylation is 1. The Labute approximate surface area is 174 Å². The van der Waals surface area contributed by atoms with E-state index in [9.17, 15) is 9.59 Å². The van der Waals surface area contributed by atoms with Gasteiger partial charge in [-0.1, -0.05) is 30.5 Å². The third-order valence-electron chi connectivity index (χ3n) is 4.16. The Morgan fingerprint density at radius 1 is 1.10 bits per heavy atom. The lowest BCUT2D eigenvalue weighted by atomic mass is 10.1. The van der Waals surface area contributed by atoms with E-state index in [2.05, 4.69) is 11.9 Å². The van der Waals surface area contributed by atoms with Crippen LogP contribution in [0.25, 0.3) is 0 Å². The Balaban J connectivity index is 1.90. The maximum absolute atomic E-state index is 12.3. The zero-order valence-corrected chi connectivity index (χ0v) is 17.5. The molecule has 0 atom stereocenters. The predicted molar refractivity (Wildman–Crippen MR) is 117 cm³/mol. The largest absolute Gasteiger partial charge is 0.497 e. The number of nitrogens with one attached hydrogen (secondary N) is 2. The third-order valence-corrected chi connectivity index (χ3v) is 5.08. The minimum absolute atomic E-state index is 0.191. The van der Waals surface area contributed by atoms with Crippen molar-refractivity contribution < 1.29 is 19.1 Å². The monoisotopic (exact) mass is 412 g/mol. The number of hydrogen-bond donors (Lipinski definition) is 2. The zero-order valence-electron chi connectivity index (χ0n) is 16.7. The van der Waals surface area contributed by atoms with Crippen LogP contribution in [-0.2, 0) is 9.53 Å². The van der Waals surface area contributed by atoms with Gasteiger partial charge in [-0.2, -0.15) is 0 Å². The molecule has 0 bridgehead atoms. The molecule has 29 heavy (non-hydrogen) atoms. The summed E-state index contributed by atoms with van der Waals surface area (Å²) in [7, 11) is 2.90. The number of allylic oxidation sites excluding steroid dienone is 1. The number of hydrogen-bond acceptors (Lipinski definition) is 6. The molecule has 0 spiro atoms. The Hall–Kier alpha value is -3.06. The molecular formula is C22H24N2O4S. The average molecular weight is 413 g/mol. The Morgan fingerprint density at radius 2 is 1.83 bits per heavy atom. The van der Waals surface area contributed by atoms with Gasteiger partial charge < -0.3 is 14.8 Å². The van der Waals surface area contributed by atoms with Crippen LogP contribution in [0.15, 0.2) is 53.9 Å². The standard InChI is InChI=1S/C22H24N2O4S/c1-14-13-16(27-3)10-11-17(14)21(23)29-15(2)9-12-20(25)24-19-8-6-5-7-18(19)22(26)28-4/h5-8,10-11,13,23H,2,9,12H2,1,3-4H3,(H,24,25). The molecule has 0 fully saturated rings. The Bertz CT molecular complexity index is 940. The van der Waals surface area contributed by atoms with Crippen LogP contribution in [0.1, 0.15) is 34.3 Å². The number of carbonyl (C=O) groups excluding carboxylic acids is 2. The highest BCUT2D eigenvalue weighted by atomic mass is 32.2. The van der Waals surface area contributed by atoms with E-state index in [0.29, 0.717) is 27.6 Å². The van der Waals surface area contributed by atoms with Gasteiger partial charge >= 0.3 is 5.97 Å². The van der Waals surface area contributed by atoms with Crippen molar-refractivity contribution in [3.05, 3.63) is 70.6 Å². The summed E-state index contributed by atoms with van der Waals surface area (Å²) in [6.45, 7) is 5.88. The van der Waals surface area contributed by atoms with Gasteiger partial charge in [-0.25, -0.2) is 4.79 Å². The van der Waals surface area contributed by atoms with Gasteiger partial charge in [0.15, 0.2) is 0 Å². The van der Waals surface area contributed by atoms with Crippen molar-refractivity contribution in [1.29, 1.82) is 5.41 Å². The number of amides is 1. The molecule has 0 saturated heterocycles. The molecule has 0 aliphatic heterocycles. The molecule has 0 aliphatic rings. The molecule has 2 N–H and O–H groups in total. The summed E-state index contributed by atoms with van der Waals surface area (Å²) < 4.78 is 9.91. The fraction of sp³-hybridized carbons (Fsp3) is 0.227. The number of benzene rings is 2. The number of thioether (sulfide) groups is 1. The number of anilines is 1. The van der Waals surface area contributed by atoms with Crippen molar-refractivity contribution in [2.45, 2.75) is 19.8 Å². The normalized spacial score (nSPS) is 10.2. The van der Waals surface area contributed by atoms with Crippen molar-refractivity contribution in [2.75, 3.05) is 19.5 Å². The lowest BCUT2D eigenvalue weighted by Crippen LogP contribution is -2.15. The maximum atomic E-state index is 12.3. The van der Waals surface area contributed by atoms with Crippen molar-refractivity contribution in [2.24, 2.45) is 0 Å². The second kappa shape index (κ2) is 10.5. The fourth-order valence-corrected chi connectivity index (χ4v) is 3.45. The van der Waals surface area contributed by atoms with Crippen LogP contribution in [0.3, 0.4) is 0 Å².